The summed E-state index contributed by atoms with van der Waals surface area (Å²) in [6.45, 7) is -0.136. The first kappa shape index (κ1) is 21.1. The topological polar surface area (TPSA) is 108 Å². The summed E-state index contributed by atoms with van der Waals surface area (Å²) in [6, 6.07) is 16.9. The van der Waals surface area contributed by atoms with E-state index in [1.54, 1.807) is 7.11 Å². The third kappa shape index (κ3) is 4.04. The lowest BCUT2D eigenvalue weighted by Crippen LogP contribution is -2.43. The van der Waals surface area contributed by atoms with Crippen LogP contribution in [0.5, 0.6) is 5.75 Å². The van der Waals surface area contributed by atoms with E-state index < -0.39 is 17.0 Å². The highest BCUT2D eigenvalue weighted by Gasteiger charge is 2.22. The molecule has 3 rings (SSSR count). The molecule has 3 aromatic rings. The van der Waals surface area contributed by atoms with Gasteiger partial charge in [0.15, 0.2) is 5.78 Å². The molecular weight excluding hydrogens is 384 g/mol. The molecule has 1 heterocycles. The van der Waals surface area contributed by atoms with E-state index in [1.165, 1.54) is 14.1 Å². The molecule has 30 heavy (non-hydrogen) atoms. The van der Waals surface area contributed by atoms with Gasteiger partial charge in [-0.05, 0) is 23.3 Å². The molecule has 3 N–H and O–H groups in total. The van der Waals surface area contributed by atoms with Gasteiger partial charge in [-0.15, -0.1) is 0 Å². The van der Waals surface area contributed by atoms with Crippen LogP contribution in [0.2, 0.25) is 0 Å². The quantitative estimate of drug-likeness (QED) is 0.570. The van der Waals surface area contributed by atoms with Crippen LogP contribution in [0, 0.1) is 0 Å². The van der Waals surface area contributed by atoms with E-state index in [4.69, 9.17) is 10.5 Å². The van der Waals surface area contributed by atoms with Crippen LogP contribution in [0.4, 0.5) is 5.82 Å². The van der Waals surface area contributed by atoms with Gasteiger partial charge < -0.3 is 10.5 Å². The minimum absolute atomic E-state index is 0.136. The molecule has 0 aliphatic rings. The number of nitrogens with two attached hydrogens (primary N) is 1. The molecule has 0 radical (unpaired) electrons. The summed E-state index contributed by atoms with van der Waals surface area (Å²) < 4.78 is 7.18. The predicted octanol–water partition coefficient (Wildman–Crippen LogP) is 1.24. The number of carbonyl (C=O) groups is 1. The number of nitrogens with one attached hydrogen (secondary N) is 1. The second-order valence-electron chi connectivity index (χ2n) is 6.89. The fraction of sp³-hybridized carbons (Fsp3) is 0.227. The van der Waals surface area contributed by atoms with Crippen molar-refractivity contribution in [3.8, 4) is 5.75 Å². The fourth-order valence-corrected chi connectivity index (χ4v) is 3.28. The molecule has 1 atom stereocenters. The van der Waals surface area contributed by atoms with Crippen molar-refractivity contribution in [2.75, 3.05) is 19.4 Å². The molecule has 8 nitrogen and oxygen atoms in total. The number of nitrogens with zero attached hydrogens (tertiary/aromatic N) is 2. The van der Waals surface area contributed by atoms with Crippen molar-refractivity contribution in [3.63, 3.8) is 0 Å². The molecule has 1 aromatic heterocycles. The molecule has 0 fully saturated rings. The zero-order valence-corrected chi connectivity index (χ0v) is 17.1. The highest BCUT2D eigenvalue weighted by Crippen LogP contribution is 2.24. The predicted molar refractivity (Wildman–Crippen MR) is 115 cm³/mol. The zero-order valence-electron chi connectivity index (χ0n) is 17.1. The summed E-state index contributed by atoms with van der Waals surface area (Å²) in [5.41, 5.74) is 6.30. The molecule has 0 aliphatic carbocycles. The lowest BCUT2D eigenvalue weighted by Gasteiger charge is -2.20. The van der Waals surface area contributed by atoms with E-state index in [-0.39, 0.29) is 24.0 Å². The maximum atomic E-state index is 12.9. The van der Waals surface area contributed by atoms with Crippen molar-refractivity contribution >= 4 is 11.6 Å². The van der Waals surface area contributed by atoms with Gasteiger partial charge in [0.1, 0.15) is 17.1 Å². The average molecular weight is 408 g/mol. The number of carbonyl (C=O) groups excluding carboxylic acids is 1. The molecule has 0 bridgehead atoms. The lowest BCUT2D eigenvalue weighted by atomic mass is 9.98. The number of methoxy groups -OCH3 is 1. The summed E-state index contributed by atoms with van der Waals surface area (Å²) in [7, 11) is 4.34. The first-order valence-corrected chi connectivity index (χ1v) is 9.36. The summed E-state index contributed by atoms with van der Waals surface area (Å²) in [4.78, 5) is 37.3. The molecule has 0 amide bonds. The van der Waals surface area contributed by atoms with Crippen molar-refractivity contribution < 1.29 is 9.53 Å². The molecule has 156 valence electrons. The summed E-state index contributed by atoms with van der Waals surface area (Å²) in [5, 5.41) is 3.21. The number of hydrogen-bond acceptors (Lipinski definition) is 6. The molecular formula is C22H24N4O4. The largest absolute Gasteiger partial charge is 0.497 e. The average Bonchev–Trinajstić information content (AvgIpc) is 2.77. The van der Waals surface area contributed by atoms with E-state index in [0.29, 0.717) is 0 Å². The minimum Gasteiger partial charge on any atom is -0.497 e. The van der Waals surface area contributed by atoms with Crippen LogP contribution in [-0.4, -0.2) is 28.6 Å². The molecule has 0 saturated heterocycles. The van der Waals surface area contributed by atoms with Gasteiger partial charge in [0, 0.05) is 14.1 Å². The number of benzene rings is 2. The normalized spacial score (nSPS) is 11.8. The summed E-state index contributed by atoms with van der Waals surface area (Å²) >= 11 is 0. The monoisotopic (exact) mass is 408 g/mol. The zero-order chi connectivity index (χ0) is 21.8. The Balaban J connectivity index is 1.92. The van der Waals surface area contributed by atoms with Gasteiger partial charge >= 0.3 is 5.69 Å². The Morgan fingerprint density at radius 1 is 1.00 bits per heavy atom. The number of ether oxygens (including phenoxy) is 1. The third-order valence-corrected chi connectivity index (χ3v) is 5.04. The molecule has 8 heteroatoms. The van der Waals surface area contributed by atoms with Gasteiger partial charge in [-0.1, -0.05) is 42.5 Å². The summed E-state index contributed by atoms with van der Waals surface area (Å²) in [6.07, 6.45) is 0. The number of aromatic nitrogens is 2. The third-order valence-electron chi connectivity index (χ3n) is 5.04. The standard InChI is InChI=1S/C22H24N4O4/c1-25-20(23)18(21(28)26(2)22(25)29)17(27)13-24-19(14-7-5-4-6-8-14)15-9-11-16(30-3)12-10-15/h4-12,19,24H,13,23H2,1-3H3/t19-/m0/s1. The Morgan fingerprint density at radius 2 is 1.60 bits per heavy atom. The van der Waals surface area contributed by atoms with Gasteiger partial charge in [-0.25, -0.2) is 4.79 Å². The molecule has 2 aromatic carbocycles. The number of Topliss-reactive ketones (excluding diaryl/α,β-unsaturated/α-hetero) is 1. The van der Waals surface area contributed by atoms with E-state index in [1.807, 2.05) is 54.6 Å². The Bertz CT molecular complexity index is 1160. The van der Waals surface area contributed by atoms with E-state index in [2.05, 4.69) is 5.32 Å². The molecule has 0 unspecified atom stereocenters. The molecule has 0 spiro atoms. The highest BCUT2D eigenvalue weighted by atomic mass is 16.5. The summed E-state index contributed by atoms with van der Waals surface area (Å²) in [5.74, 6) is 0.0943. The minimum atomic E-state index is -0.705. The lowest BCUT2D eigenvalue weighted by molar-refractivity contribution is 0.0987. The number of rotatable bonds is 7. The van der Waals surface area contributed by atoms with Crippen molar-refractivity contribution in [2.24, 2.45) is 14.1 Å². The fourth-order valence-electron chi connectivity index (χ4n) is 3.28. The Hall–Kier alpha value is -3.65. The first-order valence-electron chi connectivity index (χ1n) is 9.36. The second-order valence-corrected chi connectivity index (χ2v) is 6.89. The number of ketones is 1. The van der Waals surface area contributed by atoms with Crippen molar-refractivity contribution in [1.29, 1.82) is 0 Å². The van der Waals surface area contributed by atoms with Gasteiger partial charge in [0.25, 0.3) is 5.56 Å². The maximum absolute atomic E-state index is 12.9. The van der Waals surface area contributed by atoms with Crippen molar-refractivity contribution in [2.45, 2.75) is 6.04 Å². The highest BCUT2D eigenvalue weighted by molar-refractivity contribution is 6.01. The van der Waals surface area contributed by atoms with Crippen LogP contribution in [0.1, 0.15) is 27.5 Å². The van der Waals surface area contributed by atoms with Crippen molar-refractivity contribution in [1.82, 2.24) is 14.5 Å². The molecule has 0 aliphatic heterocycles. The smallest absolute Gasteiger partial charge is 0.332 e. The van der Waals surface area contributed by atoms with Gasteiger partial charge in [0.2, 0.25) is 0 Å². The van der Waals surface area contributed by atoms with Gasteiger partial charge in [0.05, 0.1) is 19.7 Å². The maximum Gasteiger partial charge on any atom is 0.332 e. The van der Waals surface area contributed by atoms with Crippen LogP contribution < -0.4 is 27.0 Å². The number of anilines is 1. The number of nitrogen functional groups attached to an aromatic ring is 1. The Morgan fingerprint density at radius 3 is 2.20 bits per heavy atom. The SMILES string of the molecule is COc1ccc([C@@H](NCC(=O)c2c(N)n(C)c(=O)n(C)c2=O)c2ccccc2)cc1. The van der Waals surface area contributed by atoms with Crippen LogP contribution in [-0.2, 0) is 14.1 Å². The van der Waals surface area contributed by atoms with E-state index >= 15 is 0 Å². The Kier molecular flexibility index (Phi) is 6.17. The van der Waals surface area contributed by atoms with Crippen LogP contribution in [0.15, 0.2) is 64.2 Å². The van der Waals surface area contributed by atoms with Crippen LogP contribution in [0.25, 0.3) is 0 Å². The first-order chi connectivity index (χ1) is 14.3. The second kappa shape index (κ2) is 8.79. The van der Waals surface area contributed by atoms with Crippen LogP contribution >= 0.6 is 0 Å². The van der Waals surface area contributed by atoms with E-state index in [9.17, 15) is 14.4 Å². The van der Waals surface area contributed by atoms with Crippen LogP contribution in [0.3, 0.4) is 0 Å². The van der Waals surface area contributed by atoms with Crippen molar-refractivity contribution in [3.05, 3.63) is 92.1 Å². The van der Waals surface area contributed by atoms with E-state index in [0.717, 1.165) is 26.0 Å². The van der Waals surface area contributed by atoms with Gasteiger partial charge in [-0.2, -0.15) is 0 Å². The number of hydrogen-bond donors (Lipinski definition) is 2. The van der Waals surface area contributed by atoms with Gasteiger partial charge in [-0.3, -0.25) is 24.0 Å². The molecule has 0 saturated carbocycles. The Labute approximate surface area is 173 Å².